The Balaban J connectivity index is 1.45. The molecule has 1 aliphatic rings. The van der Waals surface area contributed by atoms with Crippen LogP contribution >= 0.6 is 11.6 Å². The molecular weight excluding hydrogens is 492 g/mol. The minimum atomic E-state index is -4.68. The zero-order valence-electron chi connectivity index (χ0n) is 18.6. The minimum Gasteiger partial charge on any atom is -0.347 e. The fraction of sp³-hybridized carbons (Fsp3) is 0.304. The van der Waals surface area contributed by atoms with E-state index < -0.39 is 35.6 Å². The number of anilines is 1. The highest BCUT2D eigenvalue weighted by Crippen LogP contribution is 2.34. The van der Waals surface area contributed by atoms with Crippen LogP contribution in [-0.2, 0) is 22.2 Å². The van der Waals surface area contributed by atoms with Gasteiger partial charge in [-0.3, -0.25) is 0 Å². The predicted octanol–water partition coefficient (Wildman–Crippen LogP) is 5.83. The van der Waals surface area contributed by atoms with Crippen LogP contribution in [0.1, 0.15) is 36.9 Å². The molecule has 0 bridgehead atoms. The van der Waals surface area contributed by atoms with Gasteiger partial charge in [0.25, 0.3) is 0 Å². The summed E-state index contributed by atoms with van der Waals surface area (Å²) >= 11 is 5.95. The number of nitrogens with zero attached hydrogens (tertiary/aromatic N) is 2. The summed E-state index contributed by atoms with van der Waals surface area (Å²) in [5.74, 6) is -1.42. The first kappa shape index (κ1) is 25.0. The van der Waals surface area contributed by atoms with Crippen LogP contribution in [0.25, 0.3) is 5.69 Å². The van der Waals surface area contributed by atoms with E-state index in [9.17, 15) is 22.4 Å². The second-order valence-electron chi connectivity index (χ2n) is 8.27. The number of amides is 2. The Morgan fingerprint density at radius 1 is 1.23 bits per heavy atom. The molecule has 4 rings (SSSR count). The molecular formula is C23H21ClF4N4O3. The normalized spacial score (nSPS) is 17.4. The quantitative estimate of drug-likeness (QED) is 0.422. The molecule has 12 heteroatoms. The van der Waals surface area contributed by atoms with E-state index in [1.54, 1.807) is 26.0 Å². The smallest absolute Gasteiger partial charge is 0.347 e. The second-order valence-corrected chi connectivity index (χ2v) is 8.71. The summed E-state index contributed by atoms with van der Waals surface area (Å²) in [4.78, 5) is 12.4. The number of carbonyl (C=O) groups is 1. The van der Waals surface area contributed by atoms with Crippen molar-refractivity contribution in [1.82, 2.24) is 15.1 Å². The molecule has 2 amide bonds. The second kappa shape index (κ2) is 9.48. The van der Waals surface area contributed by atoms with Crippen LogP contribution in [-0.4, -0.2) is 28.2 Å². The van der Waals surface area contributed by atoms with Gasteiger partial charge < -0.3 is 20.1 Å². The highest BCUT2D eigenvalue weighted by molar-refractivity contribution is 6.30. The molecule has 0 saturated carbocycles. The summed E-state index contributed by atoms with van der Waals surface area (Å²) in [5.41, 5.74) is -0.317. The fourth-order valence-electron chi connectivity index (χ4n) is 3.57. The van der Waals surface area contributed by atoms with Crippen LogP contribution in [0.3, 0.4) is 0 Å². The van der Waals surface area contributed by atoms with Crippen molar-refractivity contribution in [3.63, 3.8) is 0 Å². The Morgan fingerprint density at radius 3 is 2.63 bits per heavy atom. The number of nitrogens with one attached hydrogen (secondary N) is 2. The molecule has 1 atom stereocenters. The third-order valence-electron chi connectivity index (χ3n) is 5.17. The van der Waals surface area contributed by atoms with Crippen molar-refractivity contribution in [2.75, 3.05) is 11.9 Å². The fourth-order valence-corrected chi connectivity index (χ4v) is 3.75. The molecule has 0 aliphatic carbocycles. The van der Waals surface area contributed by atoms with Gasteiger partial charge in [-0.2, -0.15) is 18.3 Å². The zero-order chi connectivity index (χ0) is 25.4. The maximum absolute atomic E-state index is 14.6. The summed E-state index contributed by atoms with van der Waals surface area (Å²) in [6.45, 7) is 3.35. The first-order chi connectivity index (χ1) is 16.4. The van der Waals surface area contributed by atoms with Crippen molar-refractivity contribution in [2.24, 2.45) is 0 Å². The third kappa shape index (κ3) is 5.92. The molecule has 2 N–H and O–H groups in total. The standard InChI is InChI=1S/C23H21ClF4N4O3/c1-22(2)34-12-19(35-22)17-7-6-14(9-18(17)25)30-21(33)29-11-16-10-20(23(26,27)28)31-32(16)15-5-3-4-13(24)8-15/h3-10,19H,11-12H2,1-2H3,(H2,29,30,33). The first-order valence-corrected chi connectivity index (χ1v) is 10.9. The number of benzene rings is 2. The highest BCUT2D eigenvalue weighted by atomic mass is 35.5. The van der Waals surface area contributed by atoms with Gasteiger partial charge in [0.05, 0.1) is 24.5 Å². The van der Waals surface area contributed by atoms with Crippen molar-refractivity contribution in [1.29, 1.82) is 0 Å². The number of ether oxygens (including phenoxy) is 2. The van der Waals surface area contributed by atoms with Crippen molar-refractivity contribution < 1.29 is 31.8 Å². The van der Waals surface area contributed by atoms with Gasteiger partial charge in [0.1, 0.15) is 11.9 Å². The molecule has 1 fully saturated rings. The first-order valence-electron chi connectivity index (χ1n) is 10.5. The molecule has 7 nitrogen and oxygen atoms in total. The van der Waals surface area contributed by atoms with Crippen LogP contribution < -0.4 is 10.6 Å². The van der Waals surface area contributed by atoms with Gasteiger partial charge in [-0.15, -0.1) is 0 Å². The van der Waals surface area contributed by atoms with Gasteiger partial charge in [0.15, 0.2) is 11.5 Å². The van der Waals surface area contributed by atoms with E-state index >= 15 is 0 Å². The lowest BCUT2D eigenvalue weighted by Crippen LogP contribution is -2.29. The van der Waals surface area contributed by atoms with Crippen LogP contribution in [0.4, 0.5) is 28.0 Å². The van der Waals surface area contributed by atoms with Crippen molar-refractivity contribution in [2.45, 2.75) is 38.5 Å². The van der Waals surface area contributed by atoms with E-state index in [0.29, 0.717) is 10.7 Å². The maximum Gasteiger partial charge on any atom is 0.435 e. The molecule has 3 aromatic rings. The van der Waals surface area contributed by atoms with Gasteiger partial charge in [0.2, 0.25) is 0 Å². The number of hydrogen-bond acceptors (Lipinski definition) is 4. The molecule has 1 aromatic heterocycles. The molecule has 186 valence electrons. The monoisotopic (exact) mass is 512 g/mol. The van der Waals surface area contributed by atoms with E-state index in [1.807, 2.05) is 0 Å². The number of halogens is 5. The Labute approximate surface area is 203 Å². The van der Waals surface area contributed by atoms with Crippen molar-refractivity contribution in [3.05, 3.63) is 76.3 Å². The summed E-state index contributed by atoms with van der Waals surface area (Å²) < 4.78 is 66.5. The Kier molecular flexibility index (Phi) is 6.76. The summed E-state index contributed by atoms with van der Waals surface area (Å²) in [7, 11) is 0. The molecule has 0 spiro atoms. The molecule has 1 unspecified atom stereocenters. The number of urea groups is 1. The number of alkyl halides is 3. The third-order valence-corrected chi connectivity index (χ3v) is 5.41. The van der Waals surface area contributed by atoms with Gasteiger partial charge in [-0.1, -0.05) is 23.7 Å². The van der Waals surface area contributed by atoms with Crippen LogP contribution in [0.5, 0.6) is 0 Å². The largest absolute Gasteiger partial charge is 0.435 e. The van der Waals surface area contributed by atoms with Crippen molar-refractivity contribution in [3.8, 4) is 5.69 Å². The van der Waals surface area contributed by atoms with Gasteiger partial charge in [0, 0.05) is 16.3 Å². The van der Waals surface area contributed by atoms with Gasteiger partial charge in [-0.05, 0) is 50.2 Å². The summed E-state index contributed by atoms with van der Waals surface area (Å²) in [6.07, 6.45) is -5.26. The molecule has 1 saturated heterocycles. The zero-order valence-corrected chi connectivity index (χ0v) is 19.4. The Bertz CT molecular complexity index is 1250. The lowest BCUT2D eigenvalue weighted by atomic mass is 10.1. The van der Waals surface area contributed by atoms with Gasteiger partial charge in [-0.25, -0.2) is 13.9 Å². The van der Waals surface area contributed by atoms with E-state index in [2.05, 4.69) is 15.7 Å². The van der Waals surface area contributed by atoms with E-state index in [-0.39, 0.29) is 30.1 Å². The average Bonchev–Trinajstić information content (AvgIpc) is 3.35. The Morgan fingerprint density at radius 2 is 2.00 bits per heavy atom. The van der Waals surface area contributed by atoms with E-state index in [1.165, 1.54) is 24.3 Å². The van der Waals surface area contributed by atoms with Crippen LogP contribution in [0, 0.1) is 5.82 Å². The van der Waals surface area contributed by atoms with E-state index in [0.717, 1.165) is 16.8 Å². The number of carbonyl (C=O) groups excluding carboxylic acids is 1. The molecule has 2 aromatic carbocycles. The molecule has 0 radical (unpaired) electrons. The number of hydrogen-bond donors (Lipinski definition) is 2. The lowest BCUT2D eigenvalue weighted by Gasteiger charge is -2.17. The lowest BCUT2D eigenvalue weighted by molar-refractivity contribution is -0.141. The SMILES string of the molecule is CC1(C)OCC(c2ccc(NC(=O)NCc3cc(C(F)(F)F)nn3-c3cccc(Cl)c3)cc2F)O1. The predicted molar refractivity (Wildman–Crippen MR) is 120 cm³/mol. The topological polar surface area (TPSA) is 77.4 Å². The molecule has 2 heterocycles. The maximum atomic E-state index is 14.6. The Hall–Kier alpha value is -3.15. The van der Waals surface area contributed by atoms with Crippen molar-refractivity contribution >= 4 is 23.3 Å². The van der Waals surface area contributed by atoms with Crippen LogP contribution in [0.15, 0.2) is 48.5 Å². The van der Waals surface area contributed by atoms with Crippen LogP contribution in [0.2, 0.25) is 5.02 Å². The summed E-state index contributed by atoms with van der Waals surface area (Å²) in [5, 5.41) is 8.84. The number of rotatable bonds is 5. The summed E-state index contributed by atoms with van der Waals surface area (Å²) in [6, 6.07) is 10.3. The van der Waals surface area contributed by atoms with Gasteiger partial charge >= 0.3 is 12.2 Å². The molecule has 1 aliphatic heterocycles. The number of aromatic nitrogens is 2. The van der Waals surface area contributed by atoms with E-state index in [4.69, 9.17) is 21.1 Å². The average molecular weight is 513 g/mol. The minimum absolute atomic E-state index is 0.0669. The highest BCUT2D eigenvalue weighted by Gasteiger charge is 2.36. The molecule has 35 heavy (non-hydrogen) atoms.